The van der Waals surface area contributed by atoms with Crippen LogP contribution in [0.3, 0.4) is 0 Å². The van der Waals surface area contributed by atoms with E-state index in [1.54, 1.807) is 7.11 Å². The molecule has 1 rings (SSSR count). The molecule has 1 aromatic rings. The van der Waals surface area contributed by atoms with E-state index < -0.39 is 0 Å². The summed E-state index contributed by atoms with van der Waals surface area (Å²) in [5, 5.41) is 0. The summed E-state index contributed by atoms with van der Waals surface area (Å²) >= 11 is 0. The first-order chi connectivity index (χ1) is 8.17. The Labute approximate surface area is 103 Å². The van der Waals surface area contributed by atoms with Crippen molar-refractivity contribution in [1.29, 1.82) is 0 Å². The lowest BCUT2D eigenvalue weighted by Crippen LogP contribution is -2.19. The summed E-state index contributed by atoms with van der Waals surface area (Å²) < 4.78 is 10.5. The van der Waals surface area contributed by atoms with Crippen LogP contribution >= 0.6 is 0 Å². The first-order valence-electron chi connectivity index (χ1n) is 5.90. The van der Waals surface area contributed by atoms with Gasteiger partial charge in [0.05, 0.1) is 6.61 Å². The summed E-state index contributed by atoms with van der Waals surface area (Å²) in [7, 11) is 3.76. The van der Waals surface area contributed by atoms with Crippen molar-refractivity contribution < 1.29 is 9.47 Å². The van der Waals surface area contributed by atoms with Gasteiger partial charge in [-0.3, -0.25) is 0 Å². The van der Waals surface area contributed by atoms with E-state index in [1.807, 2.05) is 32.2 Å². The quantitative estimate of drug-likeness (QED) is 0.584. The molecular weight excluding hydrogens is 216 g/mol. The van der Waals surface area contributed by atoms with Crippen molar-refractivity contribution in [3.8, 4) is 5.75 Å². The summed E-state index contributed by atoms with van der Waals surface area (Å²) in [4.78, 5) is 2.15. The zero-order valence-corrected chi connectivity index (χ0v) is 10.9. The number of methoxy groups -OCH3 is 1. The third-order valence-electron chi connectivity index (χ3n) is 2.51. The number of hydrogen-bond acceptors (Lipinski definition) is 4. The Bertz CT molecular complexity index is 342. The molecule has 0 aliphatic heterocycles. The molecule has 0 spiro atoms. The van der Waals surface area contributed by atoms with Gasteiger partial charge in [-0.1, -0.05) is 0 Å². The van der Waals surface area contributed by atoms with Gasteiger partial charge in [-0.2, -0.15) is 0 Å². The van der Waals surface area contributed by atoms with Crippen molar-refractivity contribution in [3.05, 3.63) is 18.2 Å². The number of nitrogen functional groups attached to an aromatic ring is 1. The molecule has 0 heterocycles. The summed E-state index contributed by atoms with van der Waals surface area (Å²) in [6.07, 6.45) is 0.992. The van der Waals surface area contributed by atoms with E-state index in [0.717, 1.165) is 36.7 Å². The molecule has 4 nitrogen and oxygen atoms in total. The van der Waals surface area contributed by atoms with Gasteiger partial charge in [-0.05, 0) is 19.4 Å². The van der Waals surface area contributed by atoms with Crippen LogP contribution in [0.2, 0.25) is 0 Å². The standard InChI is InChI=1S/C13H22N2O2/c1-4-17-13-9-11(14)8-12(10-13)15(2)6-5-7-16-3/h8-10H,4-7,14H2,1-3H3. The van der Waals surface area contributed by atoms with Crippen molar-refractivity contribution >= 4 is 11.4 Å². The molecule has 0 bridgehead atoms. The van der Waals surface area contributed by atoms with Crippen LogP contribution in [-0.4, -0.2) is 33.9 Å². The third-order valence-corrected chi connectivity index (χ3v) is 2.51. The van der Waals surface area contributed by atoms with Gasteiger partial charge >= 0.3 is 0 Å². The highest BCUT2D eigenvalue weighted by Gasteiger charge is 2.04. The monoisotopic (exact) mass is 238 g/mol. The van der Waals surface area contributed by atoms with E-state index in [2.05, 4.69) is 4.90 Å². The molecule has 0 fully saturated rings. The molecule has 96 valence electrons. The van der Waals surface area contributed by atoms with Gasteiger partial charge in [0.2, 0.25) is 0 Å². The number of rotatable bonds is 7. The van der Waals surface area contributed by atoms with Crippen LogP contribution < -0.4 is 15.4 Å². The lowest BCUT2D eigenvalue weighted by atomic mass is 10.2. The van der Waals surface area contributed by atoms with Gasteiger partial charge in [0, 0.05) is 50.8 Å². The fourth-order valence-corrected chi connectivity index (χ4v) is 1.65. The minimum Gasteiger partial charge on any atom is -0.494 e. The van der Waals surface area contributed by atoms with Crippen LogP contribution in [0, 0.1) is 0 Å². The molecule has 0 amide bonds. The molecule has 0 atom stereocenters. The zero-order chi connectivity index (χ0) is 12.7. The molecule has 0 aliphatic rings. The number of nitrogens with two attached hydrogens (primary N) is 1. The van der Waals surface area contributed by atoms with Gasteiger partial charge < -0.3 is 20.1 Å². The number of nitrogens with zero attached hydrogens (tertiary/aromatic N) is 1. The Hall–Kier alpha value is -1.42. The maximum atomic E-state index is 5.85. The van der Waals surface area contributed by atoms with E-state index in [4.69, 9.17) is 15.2 Å². The number of benzene rings is 1. The van der Waals surface area contributed by atoms with Gasteiger partial charge in [-0.25, -0.2) is 0 Å². The second kappa shape index (κ2) is 7.01. The van der Waals surface area contributed by atoms with Crippen molar-refractivity contribution in [2.75, 3.05) is 44.5 Å². The van der Waals surface area contributed by atoms with Crippen LogP contribution in [0.15, 0.2) is 18.2 Å². The molecule has 0 saturated carbocycles. The lowest BCUT2D eigenvalue weighted by molar-refractivity contribution is 0.196. The number of hydrogen-bond donors (Lipinski definition) is 1. The molecule has 1 aromatic carbocycles. The minimum absolute atomic E-state index is 0.649. The minimum atomic E-state index is 0.649. The number of ether oxygens (including phenoxy) is 2. The highest BCUT2D eigenvalue weighted by molar-refractivity contribution is 5.60. The molecule has 0 aliphatic carbocycles. The van der Waals surface area contributed by atoms with Gasteiger partial charge in [0.25, 0.3) is 0 Å². The van der Waals surface area contributed by atoms with Crippen LogP contribution in [0.25, 0.3) is 0 Å². The van der Waals surface area contributed by atoms with Gasteiger partial charge in [-0.15, -0.1) is 0 Å². The third kappa shape index (κ3) is 4.53. The Morgan fingerprint density at radius 2 is 2.06 bits per heavy atom. The summed E-state index contributed by atoms with van der Waals surface area (Å²) in [5.41, 5.74) is 7.65. The van der Waals surface area contributed by atoms with E-state index in [-0.39, 0.29) is 0 Å². The molecule has 0 aromatic heterocycles. The van der Waals surface area contributed by atoms with Crippen molar-refractivity contribution in [2.24, 2.45) is 0 Å². The molecule has 17 heavy (non-hydrogen) atoms. The Kier molecular flexibility index (Phi) is 5.63. The van der Waals surface area contributed by atoms with E-state index in [1.165, 1.54) is 0 Å². The predicted molar refractivity (Wildman–Crippen MR) is 71.8 cm³/mol. The van der Waals surface area contributed by atoms with E-state index in [0.29, 0.717) is 6.61 Å². The first-order valence-corrected chi connectivity index (χ1v) is 5.90. The topological polar surface area (TPSA) is 47.7 Å². The van der Waals surface area contributed by atoms with Gasteiger partial charge in [0.15, 0.2) is 0 Å². The molecular formula is C13H22N2O2. The summed E-state index contributed by atoms with van der Waals surface area (Å²) in [6, 6.07) is 5.80. The zero-order valence-electron chi connectivity index (χ0n) is 10.9. The highest BCUT2D eigenvalue weighted by Crippen LogP contribution is 2.25. The lowest BCUT2D eigenvalue weighted by Gasteiger charge is -2.20. The second-order valence-electron chi connectivity index (χ2n) is 3.96. The average Bonchev–Trinajstić information content (AvgIpc) is 2.29. The van der Waals surface area contributed by atoms with E-state index in [9.17, 15) is 0 Å². The maximum absolute atomic E-state index is 5.85. The van der Waals surface area contributed by atoms with Crippen LogP contribution in [0.4, 0.5) is 11.4 Å². The Balaban J connectivity index is 2.67. The van der Waals surface area contributed by atoms with Crippen LogP contribution in [0.5, 0.6) is 5.75 Å². The number of anilines is 2. The Morgan fingerprint density at radius 3 is 2.71 bits per heavy atom. The van der Waals surface area contributed by atoms with E-state index >= 15 is 0 Å². The Morgan fingerprint density at radius 1 is 1.29 bits per heavy atom. The fourth-order valence-electron chi connectivity index (χ4n) is 1.65. The molecule has 4 heteroatoms. The largest absolute Gasteiger partial charge is 0.494 e. The first kappa shape index (κ1) is 13.6. The summed E-state index contributed by atoms with van der Waals surface area (Å²) in [5.74, 6) is 0.820. The van der Waals surface area contributed by atoms with Gasteiger partial charge in [0.1, 0.15) is 5.75 Å². The van der Waals surface area contributed by atoms with Crippen molar-refractivity contribution in [1.82, 2.24) is 0 Å². The van der Waals surface area contributed by atoms with Crippen molar-refractivity contribution in [3.63, 3.8) is 0 Å². The van der Waals surface area contributed by atoms with Crippen LogP contribution in [0.1, 0.15) is 13.3 Å². The summed E-state index contributed by atoms with van der Waals surface area (Å²) in [6.45, 7) is 4.31. The maximum Gasteiger partial charge on any atom is 0.123 e. The fraction of sp³-hybridized carbons (Fsp3) is 0.538. The SMILES string of the molecule is CCOc1cc(N)cc(N(C)CCCOC)c1. The highest BCUT2D eigenvalue weighted by atomic mass is 16.5. The van der Waals surface area contributed by atoms with Crippen LogP contribution in [-0.2, 0) is 4.74 Å². The molecule has 0 saturated heterocycles. The molecule has 0 unspecified atom stereocenters. The predicted octanol–water partition coefficient (Wildman–Crippen LogP) is 2.14. The van der Waals surface area contributed by atoms with Crippen molar-refractivity contribution in [2.45, 2.75) is 13.3 Å². The molecule has 2 N–H and O–H groups in total. The average molecular weight is 238 g/mol. The molecule has 0 radical (unpaired) electrons. The second-order valence-corrected chi connectivity index (χ2v) is 3.96. The normalized spacial score (nSPS) is 10.3. The smallest absolute Gasteiger partial charge is 0.123 e.